The second-order valence-corrected chi connectivity index (χ2v) is 3.64. The van der Waals surface area contributed by atoms with Crippen LogP contribution in [0, 0.1) is 5.92 Å². The van der Waals surface area contributed by atoms with Crippen molar-refractivity contribution >= 4 is 24.3 Å². The zero-order chi connectivity index (χ0) is 10.7. The van der Waals surface area contributed by atoms with Crippen LogP contribution in [0.4, 0.5) is 0 Å². The van der Waals surface area contributed by atoms with Gasteiger partial charge in [0.2, 0.25) is 5.91 Å². The first-order chi connectivity index (χ1) is 6.56. The van der Waals surface area contributed by atoms with E-state index in [1.807, 2.05) is 0 Å². The van der Waals surface area contributed by atoms with Gasteiger partial charge in [0.25, 0.3) is 0 Å². The summed E-state index contributed by atoms with van der Waals surface area (Å²) in [5.41, 5.74) is 5.38. The number of hydrogen-bond acceptors (Lipinski definition) is 4. The normalized spacial score (nSPS) is 18.3. The van der Waals surface area contributed by atoms with Gasteiger partial charge < -0.3 is 15.8 Å². The van der Waals surface area contributed by atoms with Crippen molar-refractivity contribution in [2.75, 3.05) is 7.11 Å². The van der Waals surface area contributed by atoms with E-state index in [9.17, 15) is 9.59 Å². The van der Waals surface area contributed by atoms with E-state index in [2.05, 4.69) is 10.1 Å². The lowest BCUT2D eigenvalue weighted by Gasteiger charge is -2.16. The van der Waals surface area contributed by atoms with Gasteiger partial charge in [-0.25, -0.2) is 4.79 Å². The molecule has 6 heteroatoms. The third-order valence-electron chi connectivity index (χ3n) is 2.26. The van der Waals surface area contributed by atoms with E-state index >= 15 is 0 Å². The summed E-state index contributed by atoms with van der Waals surface area (Å²) in [6, 6.07) is -1.11. The molecule has 2 atom stereocenters. The Balaban J connectivity index is 0.00000196. The molecule has 0 heterocycles. The van der Waals surface area contributed by atoms with Crippen LogP contribution in [0.25, 0.3) is 0 Å². The molecule has 0 bridgehead atoms. The molecule has 88 valence electrons. The summed E-state index contributed by atoms with van der Waals surface area (Å²) in [5.74, 6) is -0.473. The average molecular weight is 237 g/mol. The molecule has 0 aromatic rings. The molecule has 1 rings (SSSR count). The van der Waals surface area contributed by atoms with E-state index in [0.717, 1.165) is 12.8 Å². The number of halogens is 1. The molecule has 0 aliphatic heterocycles. The lowest BCUT2D eigenvalue weighted by Crippen LogP contribution is -2.48. The third kappa shape index (κ3) is 4.05. The van der Waals surface area contributed by atoms with Gasteiger partial charge in [-0.1, -0.05) is 0 Å². The second-order valence-electron chi connectivity index (χ2n) is 3.64. The standard InChI is InChI=1S/C9H16N2O3.ClH/c1-5(10)8(12)11-7(6-3-4-6)9(13)14-2;/h5-7H,3-4,10H2,1-2H3,(H,11,12);1H. The summed E-state index contributed by atoms with van der Waals surface area (Å²) in [5, 5.41) is 2.59. The number of ether oxygens (including phenoxy) is 1. The second kappa shape index (κ2) is 5.92. The van der Waals surface area contributed by atoms with Crippen molar-refractivity contribution < 1.29 is 14.3 Å². The molecule has 5 nitrogen and oxygen atoms in total. The maximum atomic E-state index is 11.3. The fraction of sp³-hybridized carbons (Fsp3) is 0.778. The molecule has 1 fully saturated rings. The van der Waals surface area contributed by atoms with Gasteiger partial charge in [0.15, 0.2) is 0 Å². The van der Waals surface area contributed by atoms with E-state index in [-0.39, 0.29) is 30.2 Å². The van der Waals surface area contributed by atoms with Crippen LogP contribution in [0.1, 0.15) is 19.8 Å². The lowest BCUT2D eigenvalue weighted by atomic mass is 10.1. The van der Waals surface area contributed by atoms with E-state index in [0.29, 0.717) is 0 Å². The molecule has 1 aliphatic rings. The van der Waals surface area contributed by atoms with Crippen molar-refractivity contribution in [3.05, 3.63) is 0 Å². The molecule has 15 heavy (non-hydrogen) atoms. The molecule has 1 amide bonds. The van der Waals surface area contributed by atoms with Crippen LogP contribution in [0.2, 0.25) is 0 Å². The summed E-state index contributed by atoms with van der Waals surface area (Å²) >= 11 is 0. The van der Waals surface area contributed by atoms with Crippen molar-refractivity contribution in [2.45, 2.75) is 31.8 Å². The highest BCUT2D eigenvalue weighted by atomic mass is 35.5. The summed E-state index contributed by atoms with van der Waals surface area (Å²) in [6.45, 7) is 1.58. The van der Waals surface area contributed by atoms with Crippen molar-refractivity contribution in [1.82, 2.24) is 5.32 Å². The highest BCUT2D eigenvalue weighted by Crippen LogP contribution is 2.33. The van der Waals surface area contributed by atoms with Crippen LogP contribution >= 0.6 is 12.4 Å². The quantitative estimate of drug-likeness (QED) is 0.664. The van der Waals surface area contributed by atoms with Crippen LogP contribution in [-0.4, -0.2) is 31.1 Å². The van der Waals surface area contributed by atoms with Gasteiger partial charge in [-0.2, -0.15) is 0 Å². The smallest absolute Gasteiger partial charge is 0.328 e. The average Bonchev–Trinajstić information content (AvgIpc) is 2.95. The first-order valence-electron chi connectivity index (χ1n) is 4.70. The van der Waals surface area contributed by atoms with Crippen LogP contribution < -0.4 is 11.1 Å². The van der Waals surface area contributed by atoms with Crippen LogP contribution in [0.5, 0.6) is 0 Å². The van der Waals surface area contributed by atoms with Crippen LogP contribution in [0.15, 0.2) is 0 Å². The number of nitrogens with two attached hydrogens (primary N) is 1. The van der Waals surface area contributed by atoms with Crippen LogP contribution in [-0.2, 0) is 14.3 Å². The Kier molecular flexibility index (Phi) is 5.60. The highest BCUT2D eigenvalue weighted by Gasteiger charge is 2.38. The Hall–Kier alpha value is -0.810. The minimum absolute atomic E-state index is 0. The van der Waals surface area contributed by atoms with Crippen molar-refractivity contribution in [2.24, 2.45) is 11.7 Å². The zero-order valence-corrected chi connectivity index (χ0v) is 9.67. The summed E-state index contributed by atoms with van der Waals surface area (Å²) < 4.78 is 4.60. The molecule has 0 spiro atoms. The van der Waals surface area contributed by atoms with Crippen LogP contribution in [0.3, 0.4) is 0 Å². The SMILES string of the molecule is COC(=O)C(NC(=O)C(C)N)C1CC1.Cl. The predicted octanol–water partition coefficient (Wildman–Crippen LogP) is -0.177. The summed E-state index contributed by atoms with van der Waals surface area (Å²) in [6.07, 6.45) is 1.91. The predicted molar refractivity (Wildman–Crippen MR) is 57.6 cm³/mol. The Labute approximate surface area is 95.1 Å². The van der Waals surface area contributed by atoms with Gasteiger partial charge in [0.05, 0.1) is 13.2 Å². The van der Waals surface area contributed by atoms with Gasteiger partial charge >= 0.3 is 5.97 Å². The van der Waals surface area contributed by atoms with E-state index in [4.69, 9.17) is 5.73 Å². The molecule has 0 saturated heterocycles. The van der Waals surface area contributed by atoms with Gasteiger partial charge in [-0.3, -0.25) is 4.79 Å². The largest absolute Gasteiger partial charge is 0.467 e. The fourth-order valence-electron chi connectivity index (χ4n) is 1.21. The number of rotatable bonds is 4. The van der Waals surface area contributed by atoms with E-state index in [1.165, 1.54) is 7.11 Å². The molecule has 0 aromatic carbocycles. The number of hydrogen-bond donors (Lipinski definition) is 2. The number of nitrogens with one attached hydrogen (secondary N) is 1. The molecule has 2 unspecified atom stereocenters. The Morgan fingerprint density at radius 3 is 2.33 bits per heavy atom. The first-order valence-corrected chi connectivity index (χ1v) is 4.70. The van der Waals surface area contributed by atoms with Crippen molar-refractivity contribution in [3.63, 3.8) is 0 Å². The zero-order valence-electron chi connectivity index (χ0n) is 8.86. The molecule has 1 aliphatic carbocycles. The van der Waals surface area contributed by atoms with Crippen molar-refractivity contribution in [1.29, 1.82) is 0 Å². The van der Waals surface area contributed by atoms with Gasteiger partial charge in [-0.05, 0) is 25.7 Å². The van der Waals surface area contributed by atoms with Crippen molar-refractivity contribution in [3.8, 4) is 0 Å². The molecular formula is C9H17ClN2O3. The number of carbonyl (C=O) groups is 2. The summed E-state index contributed by atoms with van der Waals surface area (Å²) in [7, 11) is 1.32. The Morgan fingerprint density at radius 2 is 2.00 bits per heavy atom. The van der Waals surface area contributed by atoms with Gasteiger partial charge in [0, 0.05) is 0 Å². The Morgan fingerprint density at radius 1 is 1.47 bits per heavy atom. The maximum absolute atomic E-state index is 11.3. The lowest BCUT2D eigenvalue weighted by molar-refractivity contribution is -0.145. The molecule has 0 aromatic heterocycles. The number of methoxy groups -OCH3 is 1. The fourth-order valence-corrected chi connectivity index (χ4v) is 1.21. The molecular weight excluding hydrogens is 220 g/mol. The minimum Gasteiger partial charge on any atom is -0.467 e. The molecule has 3 N–H and O–H groups in total. The monoisotopic (exact) mass is 236 g/mol. The number of esters is 1. The minimum atomic E-state index is -0.596. The highest BCUT2D eigenvalue weighted by molar-refractivity contribution is 5.87. The van der Waals surface area contributed by atoms with E-state index < -0.39 is 12.1 Å². The molecule has 0 radical (unpaired) electrons. The summed E-state index contributed by atoms with van der Waals surface area (Å²) in [4.78, 5) is 22.5. The third-order valence-corrected chi connectivity index (χ3v) is 2.26. The number of carbonyl (C=O) groups excluding carboxylic acids is 2. The number of amides is 1. The van der Waals surface area contributed by atoms with Gasteiger partial charge in [-0.15, -0.1) is 12.4 Å². The molecule has 1 saturated carbocycles. The van der Waals surface area contributed by atoms with Gasteiger partial charge in [0.1, 0.15) is 6.04 Å². The van der Waals surface area contributed by atoms with E-state index in [1.54, 1.807) is 6.92 Å². The Bertz CT molecular complexity index is 242. The maximum Gasteiger partial charge on any atom is 0.328 e. The topological polar surface area (TPSA) is 81.4 Å². The first kappa shape index (κ1) is 14.2.